The lowest BCUT2D eigenvalue weighted by Gasteiger charge is -2.35. The summed E-state index contributed by atoms with van der Waals surface area (Å²) in [5.41, 5.74) is 0.760. The number of aromatic nitrogens is 1. The number of nitrogens with one attached hydrogen (secondary N) is 1. The van der Waals surface area contributed by atoms with Crippen molar-refractivity contribution in [3.63, 3.8) is 0 Å². The highest BCUT2D eigenvalue weighted by molar-refractivity contribution is 7.22. The van der Waals surface area contributed by atoms with Crippen molar-refractivity contribution in [3.8, 4) is 0 Å². The van der Waals surface area contributed by atoms with Gasteiger partial charge in [0.15, 0.2) is 5.13 Å². The zero-order valence-electron chi connectivity index (χ0n) is 17.4. The number of hydrogen-bond donors (Lipinski definition) is 1. The molecule has 5 rings (SSSR count). The normalized spacial score (nSPS) is 21.6. The molecule has 162 valence electrons. The van der Waals surface area contributed by atoms with E-state index in [0.717, 1.165) is 49.7 Å². The molecule has 31 heavy (non-hydrogen) atoms. The smallest absolute Gasteiger partial charge is 0.222 e. The molecule has 2 amide bonds. The topological polar surface area (TPSA) is 65.5 Å². The van der Waals surface area contributed by atoms with E-state index in [-0.39, 0.29) is 17.4 Å². The third-order valence-corrected chi connectivity index (χ3v) is 8.30. The summed E-state index contributed by atoms with van der Waals surface area (Å²) in [5.74, 6) is 0.295. The molecule has 1 atom stereocenters. The van der Waals surface area contributed by atoms with Crippen LogP contribution in [0, 0.1) is 0 Å². The molecule has 2 fully saturated rings. The number of benzene rings is 1. The number of rotatable bonds is 6. The zero-order valence-corrected chi connectivity index (χ0v) is 19.0. The average molecular weight is 455 g/mol. The van der Waals surface area contributed by atoms with Gasteiger partial charge in [0.05, 0.1) is 10.2 Å². The Balaban J connectivity index is 1.17. The van der Waals surface area contributed by atoms with Crippen molar-refractivity contribution >= 4 is 49.8 Å². The molecule has 0 unspecified atom stereocenters. The Labute approximate surface area is 189 Å². The van der Waals surface area contributed by atoms with E-state index in [9.17, 15) is 9.59 Å². The van der Waals surface area contributed by atoms with E-state index < -0.39 is 0 Å². The first-order chi connectivity index (χ1) is 15.1. The number of nitrogens with zero attached hydrogens (tertiary/aromatic N) is 3. The molecule has 8 heteroatoms. The molecule has 0 bridgehead atoms. The molecular formula is C23H26N4O2S2. The molecule has 0 radical (unpaired) electrons. The largest absolute Gasteiger partial charge is 0.350 e. The predicted molar refractivity (Wildman–Crippen MR) is 126 cm³/mol. The molecule has 0 saturated carbocycles. The number of amides is 2. The fraction of sp³-hybridized carbons (Fsp3) is 0.435. The Hall–Kier alpha value is -2.45. The van der Waals surface area contributed by atoms with Crippen LogP contribution in [0.2, 0.25) is 0 Å². The maximum atomic E-state index is 12.9. The van der Waals surface area contributed by atoms with Crippen LogP contribution in [0.4, 0.5) is 5.13 Å². The number of carbonyl (C=O) groups excluding carboxylic acids is 2. The van der Waals surface area contributed by atoms with Crippen LogP contribution in [0.3, 0.4) is 0 Å². The summed E-state index contributed by atoms with van der Waals surface area (Å²) in [7, 11) is 0. The van der Waals surface area contributed by atoms with Crippen molar-refractivity contribution in [2.75, 3.05) is 31.1 Å². The number of anilines is 1. The van der Waals surface area contributed by atoms with Gasteiger partial charge in [0, 0.05) is 55.9 Å². The van der Waals surface area contributed by atoms with Gasteiger partial charge in [-0.3, -0.25) is 9.59 Å². The lowest BCUT2D eigenvalue weighted by atomic mass is 9.87. The SMILES string of the molecule is O=C1CC[C@](CCC(=O)N2CCN(c3nc4ccccc4s3)CC2)(Cc2cccs2)N1. The quantitative estimate of drug-likeness (QED) is 0.617. The summed E-state index contributed by atoms with van der Waals surface area (Å²) in [6, 6.07) is 12.4. The summed E-state index contributed by atoms with van der Waals surface area (Å²) in [5, 5.41) is 6.29. The van der Waals surface area contributed by atoms with Crippen LogP contribution in [-0.2, 0) is 16.0 Å². The van der Waals surface area contributed by atoms with Crippen LogP contribution in [0.15, 0.2) is 41.8 Å². The molecule has 1 aromatic carbocycles. The van der Waals surface area contributed by atoms with Crippen LogP contribution >= 0.6 is 22.7 Å². The summed E-state index contributed by atoms with van der Waals surface area (Å²) < 4.78 is 1.20. The monoisotopic (exact) mass is 454 g/mol. The lowest BCUT2D eigenvalue weighted by molar-refractivity contribution is -0.132. The zero-order chi connectivity index (χ0) is 21.3. The number of thiazole rings is 1. The van der Waals surface area contributed by atoms with Gasteiger partial charge in [-0.25, -0.2) is 4.98 Å². The van der Waals surface area contributed by atoms with E-state index >= 15 is 0 Å². The minimum absolute atomic E-state index is 0.105. The van der Waals surface area contributed by atoms with Crippen molar-refractivity contribution in [2.24, 2.45) is 0 Å². The molecule has 2 aliphatic heterocycles. The Bertz CT molecular complexity index is 1040. The Morgan fingerprint density at radius 3 is 2.68 bits per heavy atom. The predicted octanol–water partition coefficient (Wildman–Crippen LogP) is 3.68. The maximum Gasteiger partial charge on any atom is 0.222 e. The van der Waals surface area contributed by atoms with Gasteiger partial charge in [0.25, 0.3) is 0 Å². The molecule has 6 nitrogen and oxygen atoms in total. The fourth-order valence-electron chi connectivity index (χ4n) is 4.58. The van der Waals surface area contributed by atoms with Gasteiger partial charge < -0.3 is 15.1 Å². The summed E-state index contributed by atoms with van der Waals surface area (Å²) >= 11 is 3.43. The van der Waals surface area contributed by atoms with E-state index in [1.165, 1.54) is 9.58 Å². The van der Waals surface area contributed by atoms with Gasteiger partial charge in [-0.2, -0.15) is 0 Å². The first-order valence-electron chi connectivity index (χ1n) is 10.8. The average Bonchev–Trinajstić information content (AvgIpc) is 3.53. The Morgan fingerprint density at radius 1 is 1.13 bits per heavy atom. The standard InChI is InChI=1S/C23H26N4O2S2/c28-20-7-9-23(25-20,16-17-4-3-15-30-17)10-8-21(29)26-11-13-27(14-12-26)22-24-18-5-1-2-6-19(18)31-22/h1-6,15H,7-14,16H2,(H,25,28)/t23-/m0/s1. The van der Waals surface area contributed by atoms with E-state index in [2.05, 4.69) is 27.7 Å². The lowest BCUT2D eigenvalue weighted by Crippen LogP contribution is -2.50. The van der Waals surface area contributed by atoms with Crippen LogP contribution in [-0.4, -0.2) is 53.4 Å². The second kappa shape index (κ2) is 8.59. The second-order valence-electron chi connectivity index (χ2n) is 8.42. The van der Waals surface area contributed by atoms with Gasteiger partial charge in [-0.05, 0) is 36.4 Å². The van der Waals surface area contributed by atoms with E-state index in [0.29, 0.717) is 19.3 Å². The second-order valence-corrected chi connectivity index (χ2v) is 10.5. The molecule has 2 aliphatic rings. The number of para-hydroxylation sites is 1. The van der Waals surface area contributed by atoms with Crippen molar-refractivity contribution in [1.29, 1.82) is 0 Å². The van der Waals surface area contributed by atoms with Gasteiger partial charge >= 0.3 is 0 Å². The van der Waals surface area contributed by atoms with Gasteiger partial charge in [-0.15, -0.1) is 11.3 Å². The molecule has 2 saturated heterocycles. The molecule has 2 aromatic heterocycles. The number of carbonyl (C=O) groups is 2. The number of thiophene rings is 1. The number of hydrogen-bond acceptors (Lipinski definition) is 6. The van der Waals surface area contributed by atoms with Gasteiger partial charge in [-0.1, -0.05) is 29.5 Å². The van der Waals surface area contributed by atoms with Crippen LogP contribution in [0.25, 0.3) is 10.2 Å². The van der Waals surface area contributed by atoms with Crippen LogP contribution < -0.4 is 10.2 Å². The molecule has 1 N–H and O–H groups in total. The third kappa shape index (κ3) is 4.45. The molecular weight excluding hydrogens is 428 g/mol. The van der Waals surface area contributed by atoms with Crippen molar-refractivity contribution in [1.82, 2.24) is 15.2 Å². The highest BCUT2D eigenvalue weighted by Crippen LogP contribution is 2.32. The highest BCUT2D eigenvalue weighted by Gasteiger charge is 2.38. The van der Waals surface area contributed by atoms with Gasteiger partial charge in [0.2, 0.25) is 11.8 Å². The first-order valence-corrected chi connectivity index (χ1v) is 12.5. The first kappa shape index (κ1) is 20.5. The molecule has 4 heterocycles. The molecule has 3 aromatic rings. The van der Waals surface area contributed by atoms with Crippen molar-refractivity contribution in [3.05, 3.63) is 46.7 Å². The summed E-state index contributed by atoms with van der Waals surface area (Å²) in [6.45, 7) is 3.06. The Kier molecular flexibility index (Phi) is 5.67. The van der Waals surface area contributed by atoms with Crippen LogP contribution in [0.1, 0.15) is 30.6 Å². The summed E-state index contributed by atoms with van der Waals surface area (Å²) in [6.07, 6.45) is 3.36. The van der Waals surface area contributed by atoms with Crippen molar-refractivity contribution < 1.29 is 9.59 Å². The van der Waals surface area contributed by atoms with E-state index in [1.54, 1.807) is 22.7 Å². The maximum absolute atomic E-state index is 12.9. The van der Waals surface area contributed by atoms with E-state index in [1.807, 2.05) is 29.2 Å². The number of piperazine rings is 1. The minimum Gasteiger partial charge on any atom is -0.350 e. The van der Waals surface area contributed by atoms with Gasteiger partial charge in [0.1, 0.15) is 0 Å². The highest BCUT2D eigenvalue weighted by atomic mass is 32.1. The van der Waals surface area contributed by atoms with Crippen LogP contribution in [0.5, 0.6) is 0 Å². The summed E-state index contributed by atoms with van der Waals surface area (Å²) in [4.78, 5) is 35.2. The fourth-order valence-corrected chi connectivity index (χ4v) is 6.44. The number of fused-ring (bicyclic) bond motifs is 1. The minimum atomic E-state index is -0.277. The molecule has 0 aliphatic carbocycles. The Morgan fingerprint density at radius 2 is 1.97 bits per heavy atom. The van der Waals surface area contributed by atoms with Crippen molar-refractivity contribution in [2.45, 2.75) is 37.6 Å². The van der Waals surface area contributed by atoms with E-state index in [4.69, 9.17) is 4.98 Å². The third-order valence-electron chi connectivity index (χ3n) is 6.33. The molecule has 0 spiro atoms.